The van der Waals surface area contributed by atoms with Gasteiger partial charge >= 0.3 is 12.3 Å². The van der Waals surface area contributed by atoms with Gasteiger partial charge in [0.05, 0.1) is 12.1 Å². The number of carboxylic acid groups (broad SMARTS) is 1. The zero-order valence-electron chi connectivity index (χ0n) is 10.7. The number of hydrogen-bond acceptors (Lipinski definition) is 4. The first-order valence-electron chi connectivity index (χ1n) is 5.57. The molecule has 0 fully saturated rings. The lowest BCUT2D eigenvalue weighted by atomic mass is 10.1. The predicted octanol–water partition coefficient (Wildman–Crippen LogP) is 4.36. The van der Waals surface area contributed by atoms with Crippen LogP contribution in [0.4, 0.5) is 18.0 Å². The van der Waals surface area contributed by atoms with Crippen LogP contribution in [0.1, 0.15) is 5.56 Å². The van der Waals surface area contributed by atoms with Crippen molar-refractivity contribution >= 4 is 35.4 Å². The molecule has 120 valence electrons. The lowest BCUT2D eigenvalue weighted by Gasteiger charge is -2.28. The molecule has 10 heteroatoms. The summed E-state index contributed by atoms with van der Waals surface area (Å²) in [5.74, 6) is -1.33. The number of rotatable bonds is 2. The number of benzene rings is 1. The van der Waals surface area contributed by atoms with Crippen LogP contribution in [0, 0.1) is 0 Å². The molecular formula is C12H7Cl2F3O5. The van der Waals surface area contributed by atoms with Gasteiger partial charge < -0.3 is 19.3 Å². The van der Waals surface area contributed by atoms with E-state index in [1.54, 1.807) is 0 Å². The number of ether oxygens (including phenoxy) is 3. The maximum Gasteiger partial charge on any atom is 0.511 e. The van der Waals surface area contributed by atoms with E-state index >= 15 is 0 Å². The standard InChI is InChI=1S/C12H7Cl2F3O5/c1-20-9-5(13)2-4-3-6(21-11(18)19)10(12(15,16)17)22-8(4)7(9)14/h2-3,10H,1H3,(H,18,19). The van der Waals surface area contributed by atoms with Gasteiger partial charge in [-0.05, 0) is 12.1 Å². The zero-order chi connectivity index (χ0) is 16.7. The van der Waals surface area contributed by atoms with Gasteiger partial charge in [0.2, 0.25) is 0 Å². The Morgan fingerprint density at radius 2 is 2.05 bits per heavy atom. The Hall–Kier alpha value is -1.80. The molecule has 0 saturated heterocycles. The van der Waals surface area contributed by atoms with Crippen molar-refractivity contribution in [2.75, 3.05) is 7.11 Å². The summed E-state index contributed by atoms with van der Waals surface area (Å²) in [6.07, 6.45) is -8.57. The van der Waals surface area contributed by atoms with Gasteiger partial charge in [0.1, 0.15) is 5.02 Å². The van der Waals surface area contributed by atoms with E-state index < -0.39 is 24.2 Å². The van der Waals surface area contributed by atoms with Crippen molar-refractivity contribution in [3.63, 3.8) is 0 Å². The van der Waals surface area contributed by atoms with Crippen LogP contribution < -0.4 is 9.47 Å². The van der Waals surface area contributed by atoms with E-state index in [9.17, 15) is 18.0 Å². The minimum atomic E-state index is -4.91. The first kappa shape index (κ1) is 16.6. The first-order valence-corrected chi connectivity index (χ1v) is 6.32. The SMILES string of the molecule is COc1c(Cl)cc2c(c1Cl)OC(C(F)(F)F)C(OC(=O)O)=C2. The highest BCUT2D eigenvalue weighted by Crippen LogP contribution is 2.47. The maximum atomic E-state index is 13.0. The summed E-state index contributed by atoms with van der Waals surface area (Å²) in [7, 11) is 1.23. The molecule has 1 N–H and O–H groups in total. The van der Waals surface area contributed by atoms with E-state index in [1.165, 1.54) is 13.2 Å². The third-order valence-electron chi connectivity index (χ3n) is 2.66. The van der Waals surface area contributed by atoms with Gasteiger partial charge in [-0.2, -0.15) is 13.2 Å². The molecule has 1 heterocycles. The monoisotopic (exact) mass is 358 g/mol. The molecule has 5 nitrogen and oxygen atoms in total. The summed E-state index contributed by atoms with van der Waals surface area (Å²) >= 11 is 11.8. The number of methoxy groups -OCH3 is 1. The van der Waals surface area contributed by atoms with E-state index in [-0.39, 0.29) is 27.1 Å². The predicted molar refractivity (Wildman–Crippen MR) is 70.6 cm³/mol. The van der Waals surface area contributed by atoms with Crippen molar-refractivity contribution in [2.24, 2.45) is 0 Å². The Balaban J connectivity index is 2.60. The molecule has 0 bridgehead atoms. The van der Waals surface area contributed by atoms with E-state index in [2.05, 4.69) is 4.74 Å². The fourth-order valence-corrected chi connectivity index (χ4v) is 2.50. The molecule has 1 unspecified atom stereocenters. The Morgan fingerprint density at radius 1 is 1.41 bits per heavy atom. The van der Waals surface area contributed by atoms with Crippen LogP contribution in [0.15, 0.2) is 11.8 Å². The highest BCUT2D eigenvalue weighted by molar-refractivity contribution is 6.38. The lowest BCUT2D eigenvalue weighted by molar-refractivity contribution is -0.191. The second kappa shape index (κ2) is 5.77. The molecule has 1 aromatic rings. The molecule has 0 aromatic heterocycles. The van der Waals surface area contributed by atoms with E-state index in [1.807, 2.05) is 0 Å². The number of carbonyl (C=O) groups is 1. The van der Waals surface area contributed by atoms with Crippen LogP contribution in [0.3, 0.4) is 0 Å². The second-order valence-electron chi connectivity index (χ2n) is 4.08. The Kier molecular flexibility index (Phi) is 4.35. The molecule has 0 saturated carbocycles. The average molecular weight is 359 g/mol. The molecule has 1 aromatic carbocycles. The molecular weight excluding hydrogens is 352 g/mol. The zero-order valence-corrected chi connectivity index (χ0v) is 12.2. The van der Waals surface area contributed by atoms with E-state index in [0.29, 0.717) is 0 Å². The van der Waals surface area contributed by atoms with Gasteiger partial charge in [0, 0.05) is 5.56 Å². The average Bonchev–Trinajstić information content (AvgIpc) is 2.36. The molecule has 0 radical (unpaired) electrons. The van der Waals surface area contributed by atoms with Crippen LogP contribution in [-0.2, 0) is 4.74 Å². The summed E-state index contributed by atoms with van der Waals surface area (Å²) in [6.45, 7) is 0. The normalized spacial score (nSPS) is 17.2. The van der Waals surface area contributed by atoms with E-state index in [4.69, 9.17) is 37.8 Å². The van der Waals surface area contributed by atoms with E-state index in [0.717, 1.165) is 6.08 Å². The van der Waals surface area contributed by atoms with Crippen LogP contribution in [-0.4, -0.2) is 30.7 Å². The van der Waals surface area contributed by atoms with Crippen molar-refractivity contribution in [3.05, 3.63) is 27.4 Å². The van der Waals surface area contributed by atoms with Gasteiger partial charge in [-0.1, -0.05) is 23.2 Å². The lowest BCUT2D eigenvalue weighted by Crippen LogP contribution is -2.39. The van der Waals surface area contributed by atoms with Gasteiger partial charge in [-0.3, -0.25) is 0 Å². The van der Waals surface area contributed by atoms with Crippen LogP contribution in [0.5, 0.6) is 11.5 Å². The third kappa shape index (κ3) is 3.02. The molecule has 0 aliphatic carbocycles. The molecule has 0 spiro atoms. The highest BCUT2D eigenvalue weighted by atomic mass is 35.5. The largest absolute Gasteiger partial charge is 0.511 e. The summed E-state index contributed by atoms with van der Waals surface area (Å²) in [5.41, 5.74) is 0.0348. The van der Waals surface area contributed by atoms with Gasteiger partial charge in [-0.25, -0.2) is 4.79 Å². The molecule has 1 aliphatic rings. The Morgan fingerprint density at radius 3 is 2.55 bits per heavy atom. The summed E-state index contributed by atoms with van der Waals surface area (Å²) in [5, 5.41) is 8.29. The summed E-state index contributed by atoms with van der Waals surface area (Å²) in [4.78, 5) is 10.5. The number of hydrogen-bond donors (Lipinski definition) is 1. The molecule has 22 heavy (non-hydrogen) atoms. The highest BCUT2D eigenvalue weighted by Gasteiger charge is 2.49. The number of fused-ring (bicyclic) bond motifs is 1. The summed E-state index contributed by atoms with van der Waals surface area (Å²) < 4.78 is 52.8. The van der Waals surface area contributed by atoms with Crippen LogP contribution in [0.25, 0.3) is 6.08 Å². The fourth-order valence-electron chi connectivity index (χ4n) is 1.83. The van der Waals surface area contributed by atoms with Crippen LogP contribution in [0.2, 0.25) is 10.0 Å². The maximum absolute atomic E-state index is 13.0. The number of alkyl halides is 3. The molecule has 2 rings (SSSR count). The van der Waals surface area contributed by atoms with Crippen molar-refractivity contribution < 1.29 is 37.3 Å². The Bertz CT molecular complexity index is 657. The number of halogens is 5. The smallest absolute Gasteiger partial charge is 0.493 e. The fraction of sp³-hybridized carbons (Fsp3) is 0.250. The summed E-state index contributed by atoms with van der Waals surface area (Å²) in [6, 6.07) is 1.22. The first-order chi connectivity index (χ1) is 10.1. The molecule has 1 atom stereocenters. The minimum absolute atomic E-state index is 0.0197. The Labute approximate surface area is 131 Å². The van der Waals surface area contributed by atoms with Crippen molar-refractivity contribution in [3.8, 4) is 11.5 Å². The molecule has 1 aliphatic heterocycles. The quantitative estimate of drug-likeness (QED) is 0.795. The third-order valence-corrected chi connectivity index (χ3v) is 3.28. The van der Waals surface area contributed by atoms with Crippen LogP contribution >= 0.6 is 23.2 Å². The minimum Gasteiger partial charge on any atom is -0.493 e. The van der Waals surface area contributed by atoms with Gasteiger partial charge in [0.15, 0.2) is 17.3 Å². The van der Waals surface area contributed by atoms with Crippen molar-refractivity contribution in [1.82, 2.24) is 0 Å². The van der Waals surface area contributed by atoms with Crippen molar-refractivity contribution in [1.29, 1.82) is 0 Å². The topological polar surface area (TPSA) is 65.0 Å². The van der Waals surface area contributed by atoms with Gasteiger partial charge in [-0.15, -0.1) is 0 Å². The van der Waals surface area contributed by atoms with Crippen molar-refractivity contribution in [2.45, 2.75) is 12.3 Å². The van der Waals surface area contributed by atoms with Gasteiger partial charge in [0.25, 0.3) is 6.10 Å². The second-order valence-corrected chi connectivity index (χ2v) is 4.86. The molecule has 0 amide bonds.